The van der Waals surface area contributed by atoms with Crippen LogP contribution in [-0.2, 0) is 4.74 Å². The highest BCUT2D eigenvalue weighted by atomic mass is 32.1. The van der Waals surface area contributed by atoms with E-state index in [-0.39, 0.29) is 0 Å². The van der Waals surface area contributed by atoms with Crippen LogP contribution >= 0.6 is 12.2 Å². The molecule has 25 heavy (non-hydrogen) atoms. The number of hydrazone groups is 1. The fourth-order valence-electron chi connectivity index (χ4n) is 3.44. The van der Waals surface area contributed by atoms with Crippen LogP contribution in [0.25, 0.3) is 0 Å². The van der Waals surface area contributed by atoms with Gasteiger partial charge in [-0.2, -0.15) is 5.10 Å². The number of nitrogens with zero attached hydrogens (tertiary/aromatic N) is 5. The molecule has 2 fully saturated rings. The first-order valence-corrected chi connectivity index (χ1v) is 9.36. The zero-order valence-corrected chi connectivity index (χ0v) is 16.0. The number of nitrogens with one attached hydrogen (secondary N) is 1. The van der Waals surface area contributed by atoms with Gasteiger partial charge in [0.25, 0.3) is 0 Å². The Kier molecular flexibility index (Phi) is 6.52. The standard InChI is InChI=1S/C17H28N6OS/c1-21-7-5-14(16-15(21)4-3-6-18-16)19-20-17(25)23-10-8-22(9-11-23)12-13-24-2/h3,6,15H,4-5,7-13H2,1-2H3,(H,20,25)/b19-14-. The third-order valence-electron chi connectivity index (χ3n) is 5.08. The first-order chi connectivity index (χ1) is 12.2. The van der Waals surface area contributed by atoms with Crippen LogP contribution in [0.2, 0.25) is 0 Å². The summed E-state index contributed by atoms with van der Waals surface area (Å²) in [6.07, 6.45) is 5.91. The fraction of sp³-hybridized carbons (Fsp3) is 0.706. The topological polar surface area (TPSA) is 55.7 Å². The molecular weight excluding hydrogens is 336 g/mol. The third kappa shape index (κ3) is 4.63. The number of methoxy groups -OCH3 is 1. The maximum Gasteiger partial charge on any atom is 0.189 e. The van der Waals surface area contributed by atoms with Gasteiger partial charge in [-0.25, -0.2) is 0 Å². The molecule has 1 unspecified atom stereocenters. The van der Waals surface area contributed by atoms with Crippen molar-refractivity contribution in [3.05, 3.63) is 12.3 Å². The second kappa shape index (κ2) is 8.84. The third-order valence-corrected chi connectivity index (χ3v) is 5.43. The molecule has 8 heteroatoms. The molecule has 0 aromatic heterocycles. The Balaban J connectivity index is 1.52. The Morgan fingerprint density at radius 3 is 2.92 bits per heavy atom. The van der Waals surface area contributed by atoms with E-state index in [0.29, 0.717) is 11.2 Å². The van der Waals surface area contributed by atoms with Crippen LogP contribution in [0.5, 0.6) is 0 Å². The largest absolute Gasteiger partial charge is 0.383 e. The second-order valence-electron chi connectivity index (χ2n) is 6.68. The average Bonchev–Trinajstić information content (AvgIpc) is 2.66. The lowest BCUT2D eigenvalue weighted by Crippen LogP contribution is -2.52. The number of piperidine rings is 1. The van der Waals surface area contributed by atoms with E-state index in [2.05, 4.69) is 43.3 Å². The molecule has 3 rings (SSSR count). The molecule has 2 saturated heterocycles. The Morgan fingerprint density at radius 1 is 1.36 bits per heavy atom. The summed E-state index contributed by atoms with van der Waals surface area (Å²) in [4.78, 5) is 11.5. The van der Waals surface area contributed by atoms with Crippen LogP contribution in [0.4, 0.5) is 0 Å². The summed E-state index contributed by atoms with van der Waals surface area (Å²) in [6.45, 7) is 6.63. The second-order valence-corrected chi connectivity index (χ2v) is 7.06. The van der Waals surface area contributed by atoms with Crippen molar-refractivity contribution in [3.63, 3.8) is 0 Å². The van der Waals surface area contributed by atoms with Gasteiger partial charge in [0.1, 0.15) is 0 Å². The molecule has 3 heterocycles. The van der Waals surface area contributed by atoms with Gasteiger partial charge in [0.15, 0.2) is 5.11 Å². The van der Waals surface area contributed by atoms with E-state index < -0.39 is 0 Å². The van der Waals surface area contributed by atoms with Crippen LogP contribution < -0.4 is 5.43 Å². The highest BCUT2D eigenvalue weighted by Crippen LogP contribution is 2.18. The molecule has 0 radical (unpaired) electrons. The SMILES string of the molecule is COCCN1CCN(C(=S)N/N=C2/CCN(C)C3CC=CN=C23)CC1. The number of aliphatic imine (C=N–C) groups is 1. The van der Waals surface area contributed by atoms with Gasteiger partial charge < -0.3 is 9.64 Å². The summed E-state index contributed by atoms with van der Waals surface area (Å²) in [7, 11) is 3.89. The highest BCUT2D eigenvalue weighted by molar-refractivity contribution is 7.80. The van der Waals surface area contributed by atoms with Crippen molar-refractivity contribution in [1.82, 2.24) is 20.1 Å². The van der Waals surface area contributed by atoms with Crippen LogP contribution in [0, 0.1) is 0 Å². The lowest BCUT2D eigenvalue weighted by Gasteiger charge is -2.36. The number of rotatable bonds is 4. The van der Waals surface area contributed by atoms with E-state index in [4.69, 9.17) is 17.0 Å². The van der Waals surface area contributed by atoms with Crippen LogP contribution in [0.3, 0.4) is 0 Å². The molecule has 0 bridgehead atoms. The summed E-state index contributed by atoms with van der Waals surface area (Å²) in [6, 6.07) is 0.345. The van der Waals surface area contributed by atoms with Gasteiger partial charge in [0.05, 0.1) is 24.1 Å². The zero-order valence-electron chi connectivity index (χ0n) is 15.1. The van der Waals surface area contributed by atoms with Crippen molar-refractivity contribution in [3.8, 4) is 0 Å². The predicted molar refractivity (Wildman–Crippen MR) is 105 cm³/mol. The van der Waals surface area contributed by atoms with Crippen molar-refractivity contribution in [2.24, 2.45) is 10.1 Å². The van der Waals surface area contributed by atoms with Crippen molar-refractivity contribution < 1.29 is 4.74 Å². The van der Waals surface area contributed by atoms with E-state index >= 15 is 0 Å². The first kappa shape index (κ1) is 18.4. The Labute approximate surface area is 155 Å². The maximum atomic E-state index is 5.54. The highest BCUT2D eigenvalue weighted by Gasteiger charge is 2.30. The maximum absolute atomic E-state index is 5.54. The zero-order chi connectivity index (χ0) is 17.6. The molecular formula is C17H28N6OS. The van der Waals surface area contributed by atoms with Crippen molar-refractivity contribution >= 4 is 28.8 Å². The Hall–Kier alpha value is -1.35. The van der Waals surface area contributed by atoms with Crippen molar-refractivity contribution in [2.45, 2.75) is 18.9 Å². The van der Waals surface area contributed by atoms with E-state index in [0.717, 1.165) is 70.1 Å². The number of ether oxygens (including phenoxy) is 1. The fourth-order valence-corrected chi connectivity index (χ4v) is 3.66. The summed E-state index contributed by atoms with van der Waals surface area (Å²) in [5, 5.41) is 5.31. The number of thiocarbonyl (C=S) groups is 1. The summed E-state index contributed by atoms with van der Waals surface area (Å²) in [5.74, 6) is 0. The van der Waals surface area contributed by atoms with E-state index in [1.54, 1.807) is 7.11 Å². The summed E-state index contributed by atoms with van der Waals surface area (Å²) in [5.41, 5.74) is 5.22. The first-order valence-electron chi connectivity index (χ1n) is 8.95. The predicted octanol–water partition coefficient (Wildman–Crippen LogP) is 0.543. The smallest absolute Gasteiger partial charge is 0.189 e. The minimum atomic E-state index is 0.345. The van der Waals surface area contributed by atoms with E-state index in [9.17, 15) is 0 Å². The monoisotopic (exact) mass is 364 g/mol. The molecule has 0 aliphatic carbocycles. The average molecular weight is 365 g/mol. The quantitative estimate of drug-likeness (QED) is 0.581. The summed E-state index contributed by atoms with van der Waals surface area (Å²) >= 11 is 5.54. The molecule has 7 nitrogen and oxygen atoms in total. The number of piperazine rings is 1. The molecule has 0 amide bonds. The number of likely N-dealkylation sites (tertiary alicyclic amines) is 1. The van der Waals surface area contributed by atoms with Crippen molar-refractivity contribution in [1.29, 1.82) is 0 Å². The van der Waals surface area contributed by atoms with Gasteiger partial charge in [-0.15, -0.1) is 0 Å². The number of hydrogen-bond acceptors (Lipinski definition) is 6. The van der Waals surface area contributed by atoms with Crippen LogP contribution in [0.1, 0.15) is 12.8 Å². The molecule has 1 N–H and O–H groups in total. The molecule has 3 aliphatic rings. The molecule has 0 spiro atoms. The Morgan fingerprint density at radius 2 is 2.16 bits per heavy atom. The van der Waals surface area contributed by atoms with Crippen molar-refractivity contribution in [2.75, 3.05) is 60.0 Å². The lowest BCUT2D eigenvalue weighted by atomic mass is 9.94. The van der Waals surface area contributed by atoms with Gasteiger partial charge >= 0.3 is 0 Å². The van der Waals surface area contributed by atoms with E-state index in [1.807, 2.05) is 6.20 Å². The molecule has 1 atom stereocenters. The molecule has 0 aromatic rings. The number of hydrogen-bond donors (Lipinski definition) is 1. The van der Waals surface area contributed by atoms with Gasteiger partial charge in [-0.1, -0.05) is 6.08 Å². The number of fused-ring (bicyclic) bond motifs is 1. The normalized spacial score (nSPS) is 26.5. The molecule has 0 aromatic carbocycles. The van der Waals surface area contributed by atoms with Gasteiger partial charge in [-0.3, -0.25) is 20.2 Å². The van der Waals surface area contributed by atoms with Gasteiger partial charge in [0, 0.05) is 59.0 Å². The summed E-state index contributed by atoms with van der Waals surface area (Å²) < 4.78 is 5.14. The van der Waals surface area contributed by atoms with E-state index in [1.165, 1.54) is 0 Å². The molecule has 0 saturated carbocycles. The van der Waals surface area contributed by atoms with Crippen LogP contribution in [0.15, 0.2) is 22.4 Å². The van der Waals surface area contributed by atoms with Gasteiger partial charge in [-0.05, 0) is 25.7 Å². The minimum absolute atomic E-state index is 0.345. The Bertz CT molecular complexity index is 567. The lowest BCUT2D eigenvalue weighted by molar-refractivity contribution is 0.120. The molecule has 138 valence electrons. The molecule has 3 aliphatic heterocycles. The van der Waals surface area contributed by atoms with Gasteiger partial charge in [0.2, 0.25) is 0 Å². The minimum Gasteiger partial charge on any atom is -0.383 e. The van der Waals surface area contributed by atoms with Crippen LogP contribution in [-0.4, -0.2) is 97.3 Å².